The fourth-order valence-electron chi connectivity index (χ4n) is 4.46. The Kier molecular flexibility index (Phi) is 6.54. The number of rotatable bonds is 5. The Morgan fingerprint density at radius 3 is 2.73 bits per heavy atom. The van der Waals surface area contributed by atoms with Gasteiger partial charge in [-0.3, -0.25) is 14.2 Å². The summed E-state index contributed by atoms with van der Waals surface area (Å²) in [7, 11) is 1.58. The summed E-state index contributed by atoms with van der Waals surface area (Å²) in [5.41, 5.74) is 3.19. The highest BCUT2D eigenvalue weighted by molar-refractivity contribution is 6.01. The number of hydrogen-bond acceptors (Lipinski definition) is 5. The summed E-state index contributed by atoms with van der Waals surface area (Å²) in [4.78, 5) is 31.7. The maximum atomic E-state index is 14.0. The van der Waals surface area contributed by atoms with Crippen molar-refractivity contribution in [2.24, 2.45) is 0 Å². The second-order valence-electron chi connectivity index (χ2n) is 8.59. The Morgan fingerprint density at radius 1 is 1.14 bits per heavy atom. The summed E-state index contributed by atoms with van der Waals surface area (Å²) in [5, 5.41) is 8.70. The van der Waals surface area contributed by atoms with Gasteiger partial charge in [-0.25, -0.2) is 9.50 Å². The number of fused-ring (bicyclic) bond motifs is 2. The van der Waals surface area contributed by atoms with E-state index in [0.717, 1.165) is 5.39 Å². The molecule has 5 rings (SSSR count). The van der Waals surface area contributed by atoms with Crippen molar-refractivity contribution in [3.05, 3.63) is 106 Å². The molecule has 0 unspecified atom stereocenters. The molecule has 0 radical (unpaired) electrons. The fourth-order valence-corrected chi connectivity index (χ4v) is 4.46. The summed E-state index contributed by atoms with van der Waals surface area (Å²) >= 11 is 0. The van der Waals surface area contributed by atoms with Crippen molar-refractivity contribution in [3.63, 3.8) is 0 Å². The highest BCUT2D eigenvalue weighted by Crippen LogP contribution is 2.24. The van der Waals surface area contributed by atoms with Gasteiger partial charge in [-0.1, -0.05) is 42.2 Å². The van der Waals surface area contributed by atoms with Gasteiger partial charge in [0.15, 0.2) is 5.65 Å². The summed E-state index contributed by atoms with van der Waals surface area (Å²) in [5.74, 6) is 5.68. The number of carbonyl (C=O) groups excluding carboxylic acids is 1. The van der Waals surface area contributed by atoms with E-state index in [9.17, 15) is 9.59 Å². The topological polar surface area (TPSA) is 90.5 Å². The lowest BCUT2D eigenvalue weighted by Crippen LogP contribution is -2.32. The van der Waals surface area contributed by atoms with Gasteiger partial charge in [-0.2, -0.15) is 5.10 Å². The molecule has 0 saturated heterocycles. The van der Waals surface area contributed by atoms with Gasteiger partial charge in [-0.15, -0.1) is 0 Å². The zero-order chi connectivity index (χ0) is 25.9. The molecule has 0 aliphatic heterocycles. The Bertz CT molecular complexity index is 1740. The number of nitrogens with one attached hydrogen (secondary N) is 1. The minimum Gasteiger partial charge on any atom is -0.372 e. The molecule has 8 nitrogen and oxygen atoms in total. The van der Waals surface area contributed by atoms with E-state index in [4.69, 9.17) is 4.74 Å². The van der Waals surface area contributed by atoms with Crippen molar-refractivity contribution in [1.29, 1.82) is 0 Å². The number of para-hydroxylation sites is 1. The van der Waals surface area contributed by atoms with Crippen molar-refractivity contribution >= 4 is 22.3 Å². The van der Waals surface area contributed by atoms with Gasteiger partial charge in [0.05, 0.1) is 17.1 Å². The predicted molar refractivity (Wildman–Crippen MR) is 142 cm³/mol. The van der Waals surface area contributed by atoms with Crippen LogP contribution < -0.4 is 10.9 Å². The number of aromatic nitrogens is 4. The third-order valence-corrected chi connectivity index (χ3v) is 6.12. The molecule has 8 heteroatoms. The SMILES string of the molecule is COCC#Cc1cccc2cc([C@@H](C)NC(=O)c3c(C)nn4cccnc34)n(-c3ccccc3)c(=O)c12. The van der Waals surface area contributed by atoms with Crippen molar-refractivity contribution in [3.8, 4) is 17.5 Å². The molecule has 5 aromatic rings. The molecule has 184 valence electrons. The number of nitrogens with zero attached hydrogens (tertiary/aromatic N) is 4. The number of pyridine rings is 1. The summed E-state index contributed by atoms with van der Waals surface area (Å²) in [6.45, 7) is 3.90. The first kappa shape index (κ1) is 24.0. The first-order valence-electron chi connectivity index (χ1n) is 11.8. The molecular weight excluding hydrogens is 466 g/mol. The number of amides is 1. The third kappa shape index (κ3) is 4.48. The lowest BCUT2D eigenvalue weighted by atomic mass is 10.0. The van der Waals surface area contributed by atoms with Crippen LogP contribution in [-0.4, -0.2) is 38.8 Å². The molecule has 3 heterocycles. The molecule has 37 heavy (non-hydrogen) atoms. The van der Waals surface area contributed by atoms with Crippen LogP contribution in [0.4, 0.5) is 0 Å². The predicted octanol–water partition coefficient (Wildman–Crippen LogP) is 3.83. The van der Waals surface area contributed by atoms with Crippen LogP contribution in [0, 0.1) is 18.8 Å². The molecule has 0 saturated carbocycles. The second kappa shape index (κ2) is 10.1. The van der Waals surface area contributed by atoms with E-state index in [1.807, 2.05) is 61.5 Å². The van der Waals surface area contributed by atoms with Gasteiger partial charge in [-0.05, 0) is 49.6 Å². The van der Waals surface area contributed by atoms with Gasteiger partial charge >= 0.3 is 0 Å². The molecule has 2 aromatic carbocycles. The quantitative estimate of drug-likeness (QED) is 0.378. The summed E-state index contributed by atoms with van der Waals surface area (Å²) < 4.78 is 8.26. The maximum absolute atomic E-state index is 14.0. The lowest BCUT2D eigenvalue weighted by Gasteiger charge is -2.21. The molecule has 1 amide bonds. The van der Waals surface area contributed by atoms with E-state index in [0.29, 0.717) is 39.2 Å². The number of hydrogen-bond donors (Lipinski definition) is 1. The average Bonchev–Trinajstić information content (AvgIpc) is 3.24. The van der Waals surface area contributed by atoms with Crippen LogP contribution in [0.25, 0.3) is 22.1 Å². The number of carbonyl (C=O) groups is 1. The first-order chi connectivity index (χ1) is 18.0. The molecule has 3 aromatic heterocycles. The Hall–Kier alpha value is -4.74. The minimum absolute atomic E-state index is 0.212. The minimum atomic E-state index is -0.508. The molecule has 1 N–H and O–H groups in total. The van der Waals surface area contributed by atoms with E-state index in [2.05, 4.69) is 27.2 Å². The van der Waals surface area contributed by atoms with Crippen molar-refractivity contribution < 1.29 is 9.53 Å². The van der Waals surface area contributed by atoms with Gasteiger partial charge in [0.1, 0.15) is 12.2 Å². The van der Waals surface area contributed by atoms with E-state index in [-0.39, 0.29) is 18.1 Å². The normalized spacial score (nSPS) is 11.8. The second-order valence-corrected chi connectivity index (χ2v) is 8.59. The van der Waals surface area contributed by atoms with E-state index in [1.54, 1.807) is 41.6 Å². The highest BCUT2D eigenvalue weighted by atomic mass is 16.5. The third-order valence-electron chi connectivity index (χ3n) is 6.12. The van der Waals surface area contributed by atoms with E-state index in [1.165, 1.54) is 0 Å². The zero-order valence-corrected chi connectivity index (χ0v) is 20.7. The monoisotopic (exact) mass is 491 g/mol. The Labute approximate surface area is 213 Å². The largest absolute Gasteiger partial charge is 0.372 e. The van der Waals surface area contributed by atoms with Crippen LogP contribution in [0.3, 0.4) is 0 Å². The molecule has 0 fully saturated rings. The van der Waals surface area contributed by atoms with E-state index >= 15 is 0 Å². The maximum Gasteiger partial charge on any atom is 0.264 e. The number of ether oxygens (including phenoxy) is 1. The van der Waals surface area contributed by atoms with E-state index < -0.39 is 6.04 Å². The van der Waals surface area contributed by atoms with Gasteiger partial charge in [0, 0.05) is 36.4 Å². The van der Waals surface area contributed by atoms with Gasteiger partial charge < -0.3 is 10.1 Å². The summed E-state index contributed by atoms with van der Waals surface area (Å²) in [6, 6.07) is 18.1. The van der Waals surface area contributed by atoms with Crippen LogP contribution in [-0.2, 0) is 4.74 Å². The smallest absolute Gasteiger partial charge is 0.264 e. The first-order valence-corrected chi connectivity index (χ1v) is 11.8. The number of benzene rings is 2. The van der Waals surface area contributed by atoms with Crippen LogP contribution in [0.1, 0.15) is 40.3 Å². The van der Waals surface area contributed by atoms with Crippen LogP contribution in [0.5, 0.6) is 0 Å². The average molecular weight is 492 g/mol. The fraction of sp³-hybridized carbons (Fsp3) is 0.172. The van der Waals surface area contributed by atoms with Crippen LogP contribution in [0.15, 0.2) is 77.9 Å². The standard InChI is InChI=1S/C29H25N5O3/c1-19(31-28(35)25-20(2)32-33-16-9-15-30-27(25)33)24-18-22-11-7-10-21(12-8-17-37-3)26(22)29(36)34(24)23-13-5-4-6-14-23/h4-7,9-11,13-16,18-19H,17H2,1-3H3,(H,31,35)/t19-/m1/s1. The highest BCUT2D eigenvalue weighted by Gasteiger charge is 2.23. The molecule has 0 aliphatic rings. The molecule has 1 atom stereocenters. The van der Waals surface area contributed by atoms with Crippen LogP contribution in [0.2, 0.25) is 0 Å². The van der Waals surface area contributed by atoms with Crippen LogP contribution >= 0.6 is 0 Å². The molecule has 0 bridgehead atoms. The molecule has 0 spiro atoms. The number of methoxy groups -OCH3 is 1. The van der Waals surface area contributed by atoms with Gasteiger partial charge in [0.2, 0.25) is 0 Å². The Morgan fingerprint density at radius 2 is 1.95 bits per heavy atom. The zero-order valence-electron chi connectivity index (χ0n) is 20.7. The van der Waals surface area contributed by atoms with Crippen molar-refractivity contribution in [2.75, 3.05) is 13.7 Å². The van der Waals surface area contributed by atoms with Gasteiger partial charge in [0.25, 0.3) is 11.5 Å². The van der Waals surface area contributed by atoms with Crippen molar-refractivity contribution in [2.45, 2.75) is 19.9 Å². The number of aryl methyl sites for hydroxylation is 1. The van der Waals surface area contributed by atoms with Crippen molar-refractivity contribution in [1.82, 2.24) is 24.5 Å². The molecule has 0 aliphatic carbocycles. The lowest BCUT2D eigenvalue weighted by molar-refractivity contribution is 0.0939. The Balaban J connectivity index is 1.64. The molecular formula is C29H25N5O3. The summed E-state index contributed by atoms with van der Waals surface area (Å²) in [6.07, 6.45) is 3.37.